The number of pyridine rings is 1. The maximum atomic E-state index is 10.7. The first-order valence-corrected chi connectivity index (χ1v) is 5.06. The zero-order valence-electron chi connectivity index (χ0n) is 9.91. The van der Waals surface area contributed by atoms with Crippen LogP contribution in [0.15, 0.2) is 12.3 Å². The molecule has 98 valence electrons. The molecule has 0 spiro atoms. The monoisotopic (exact) mass is 255 g/mol. The van der Waals surface area contributed by atoms with Crippen molar-refractivity contribution >= 4 is 17.5 Å². The van der Waals surface area contributed by atoms with E-state index in [2.05, 4.69) is 10.3 Å². The predicted molar refractivity (Wildman–Crippen MR) is 62.6 cm³/mol. The predicted octanol–water partition coefficient (Wildman–Crippen LogP) is 0.810. The highest BCUT2D eigenvalue weighted by Crippen LogP contribution is 2.18. The molecule has 8 heteroatoms. The molecular weight excluding hydrogens is 242 g/mol. The molecule has 1 rings (SSSR count). The minimum absolute atomic E-state index is 0.0239. The Bertz CT molecular complexity index is 463. The van der Waals surface area contributed by atoms with Crippen molar-refractivity contribution in [2.24, 2.45) is 0 Å². The van der Waals surface area contributed by atoms with Crippen molar-refractivity contribution in [3.8, 4) is 0 Å². The standard InChI is InChI=1S/C10H13N3O5/c1-6-3-9(11-4-7(6)13(16)17)12-5-8(18-2)10(14)15/h3-4,8H,5H2,1-2H3,(H,11,12)(H,14,15). The molecule has 0 fully saturated rings. The normalized spacial score (nSPS) is 11.9. The van der Waals surface area contributed by atoms with Crippen molar-refractivity contribution in [2.45, 2.75) is 13.0 Å². The van der Waals surface area contributed by atoms with E-state index in [9.17, 15) is 14.9 Å². The van der Waals surface area contributed by atoms with Gasteiger partial charge in [-0.1, -0.05) is 0 Å². The van der Waals surface area contributed by atoms with Gasteiger partial charge in [0.1, 0.15) is 12.0 Å². The van der Waals surface area contributed by atoms with E-state index in [4.69, 9.17) is 9.84 Å². The summed E-state index contributed by atoms with van der Waals surface area (Å²) < 4.78 is 4.73. The molecule has 1 aromatic rings. The Labute approximate surface area is 103 Å². The summed E-state index contributed by atoms with van der Waals surface area (Å²) >= 11 is 0. The van der Waals surface area contributed by atoms with Crippen LogP contribution in [0.3, 0.4) is 0 Å². The van der Waals surface area contributed by atoms with Crippen LogP contribution in [0, 0.1) is 17.0 Å². The Hall–Kier alpha value is -2.22. The Morgan fingerprint density at radius 3 is 2.83 bits per heavy atom. The summed E-state index contributed by atoms with van der Waals surface area (Å²) in [6.45, 7) is 1.60. The van der Waals surface area contributed by atoms with Gasteiger partial charge in [-0.3, -0.25) is 10.1 Å². The third-order valence-electron chi connectivity index (χ3n) is 2.31. The van der Waals surface area contributed by atoms with Gasteiger partial charge in [-0.2, -0.15) is 0 Å². The highest BCUT2D eigenvalue weighted by molar-refractivity contribution is 5.73. The lowest BCUT2D eigenvalue weighted by atomic mass is 10.2. The summed E-state index contributed by atoms with van der Waals surface area (Å²) in [4.78, 5) is 24.6. The van der Waals surface area contributed by atoms with Gasteiger partial charge >= 0.3 is 5.97 Å². The summed E-state index contributed by atoms with van der Waals surface area (Å²) in [5, 5.41) is 22.1. The van der Waals surface area contributed by atoms with Crippen molar-refractivity contribution in [1.29, 1.82) is 0 Å². The molecule has 1 unspecified atom stereocenters. The Balaban J connectivity index is 2.72. The van der Waals surface area contributed by atoms with Crippen LogP contribution in [0.2, 0.25) is 0 Å². The quantitative estimate of drug-likeness (QED) is 0.570. The Morgan fingerprint density at radius 1 is 1.72 bits per heavy atom. The fourth-order valence-electron chi connectivity index (χ4n) is 1.31. The lowest BCUT2D eigenvalue weighted by Crippen LogP contribution is -2.30. The highest BCUT2D eigenvalue weighted by atomic mass is 16.6. The maximum absolute atomic E-state index is 10.7. The molecule has 0 bridgehead atoms. The number of aliphatic carboxylic acids is 1. The van der Waals surface area contributed by atoms with E-state index in [0.717, 1.165) is 6.20 Å². The third-order valence-corrected chi connectivity index (χ3v) is 2.31. The molecule has 0 aliphatic heterocycles. The van der Waals surface area contributed by atoms with Crippen molar-refractivity contribution < 1.29 is 19.6 Å². The second-order valence-electron chi connectivity index (χ2n) is 3.56. The van der Waals surface area contributed by atoms with Crippen LogP contribution >= 0.6 is 0 Å². The topological polar surface area (TPSA) is 115 Å². The molecule has 1 aromatic heterocycles. The van der Waals surface area contributed by atoms with Gasteiger partial charge in [-0.05, 0) is 13.0 Å². The number of nitrogens with zero attached hydrogens (tertiary/aromatic N) is 2. The van der Waals surface area contributed by atoms with E-state index in [1.807, 2.05) is 0 Å². The van der Waals surface area contributed by atoms with Gasteiger partial charge in [0, 0.05) is 12.7 Å². The third kappa shape index (κ3) is 3.39. The minimum Gasteiger partial charge on any atom is -0.479 e. The van der Waals surface area contributed by atoms with Crippen LogP contribution in [0.5, 0.6) is 0 Å². The largest absolute Gasteiger partial charge is 0.479 e. The van der Waals surface area contributed by atoms with Gasteiger partial charge in [0.25, 0.3) is 5.69 Å². The summed E-state index contributed by atoms with van der Waals surface area (Å²) in [6.07, 6.45) is 0.127. The zero-order chi connectivity index (χ0) is 13.7. The van der Waals surface area contributed by atoms with Crippen molar-refractivity contribution in [3.05, 3.63) is 27.9 Å². The number of carboxylic acids is 1. The van der Waals surface area contributed by atoms with Crippen molar-refractivity contribution in [3.63, 3.8) is 0 Å². The zero-order valence-corrected chi connectivity index (χ0v) is 9.91. The molecular formula is C10H13N3O5. The molecule has 0 amide bonds. The highest BCUT2D eigenvalue weighted by Gasteiger charge is 2.17. The van der Waals surface area contributed by atoms with Crippen LogP contribution < -0.4 is 5.32 Å². The number of ether oxygens (including phenoxy) is 1. The van der Waals surface area contributed by atoms with Crippen molar-refractivity contribution in [2.75, 3.05) is 19.0 Å². The van der Waals surface area contributed by atoms with E-state index in [-0.39, 0.29) is 12.2 Å². The van der Waals surface area contributed by atoms with Gasteiger partial charge in [0.05, 0.1) is 11.5 Å². The summed E-state index contributed by atoms with van der Waals surface area (Å²) in [5.41, 5.74) is 0.365. The van der Waals surface area contributed by atoms with Gasteiger partial charge in [0.2, 0.25) is 0 Å². The molecule has 0 saturated heterocycles. The number of carbonyl (C=O) groups is 1. The number of hydrogen-bond acceptors (Lipinski definition) is 6. The lowest BCUT2D eigenvalue weighted by molar-refractivity contribution is -0.385. The second-order valence-corrected chi connectivity index (χ2v) is 3.56. The number of methoxy groups -OCH3 is 1. The van der Waals surface area contributed by atoms with Crippen LogP contribution in [0.4, 0.5) is 11.5 Å². The van der Waals surface area contributed by atoms with E-state index < -0.39 is 17.0 Å². The first-order valence-electron chi connectivity index (χ1n) is 5.06. The van der Waals surface area contributed by atoms with Crippen LogP contribution in [0.1, 0.15) is 5.56 Å². The number of nitro groups is 1. The molecule has 18 heavy (non-hydrogen) atoms. The summed E-state index contributed by atoms with van der Waals surface area (Å²) in [6, 6.07) is 1.48. The Morgan fingerprint density at radius 2 is 2.39 bits per heavy atom. The molecule has 0 radical (unpaired) electrons. The lowest BCUT2D eigenvalue weighted by Gasteiger charge is -2.12. The molecule has 1 atom stereocenters. The van der Waals surface area contributed by atoms with Gasteiger partial charge in [-0.15, -0.1) is 0 Å². The Kier molecular flexibility index (Phi) is 4.55. The second kappa shape index (κ2) is 5.92. The van der Waals surface area contributed by atoms with Crippen LogP contribution in [-0.2, 0) is 9.53 Å². The number of anilines is 1. The average Bonchev–Trinajstić information content (AvgIpc) is 2.28. The number of carboxylic acid groups (broad SMARTS) is 1. The van der Waals surface area contributed by atoms with E-state index in [1.165, 1.54) is 13.2 Å². The van der Waals surface area contributed by atoms with Gasteiger partial charge in [-0.25, -0.2) is 9.78 Å². The molecule has 0 saturated carbocycles. The first kappa shape index (κ1) is 13.8. The fraction of sp³-hybridized carbons (Fsp3) is 0.400. The first-order chi connectivity index (χ1) is 8.45. The summed E-state index contributed by atoms with van der Waals surface area (Å²) in [7, 11) is 1.29. The number of aryl methyl sites for hydroxylation is 1. The summed E-state index contributed by atoms with van der Waals surface area (Å²) in [5.74, 6) is -0.731. The van der Waals surface area contributed by atoms with Crippen LogP contribution in [0.25, 0.3) is 0 Å². The molecule has 2 N–H and O–H groups in total. The fourth-order valence-corrected chi connectivity index (χ4v) is 1.31. The molecule has 8 nitrogen and oxygen atoms in total. The molecule has 1 heterocycles. The van der Waals surface area contributed by atoms with Crippen LogP contribution in [-0.4, -0.2) is 40.7 Å². The van der Waals surface area contributed by atoms with E-state index in [0.29, 0.717) is 11.4 Å². The average molecular weight is 255 g/mol. The van der Waals surface area contributed by atoms with Gasteiger partial charge < -0.3 is 15.2 Å². The SMILES string of the molecule is COC(CNc1cc(C)c([N+](=O)[O-])cn1)C(=O)O. The maximum Gasteiger partial charge on any atom is 0.334 e. The number of aromatic nitrogens is 1. The van der Waals surface area contributed by atoms with E-state index >= 15 is 0 Å². The van der Waals surface area contributed by atoms with Crippen molar-refractivity contribution in [1.82, 2.24) is 4.98 Å². The molecule has 0 aliphatic rings. The smallest absolute Gasteiger partial charge is 0.334 e. The van der Waals surface area contributed by atoms with E-state index in [1.54, 1.807) is 6.92 Å². The number of nitrogens with one attached hydrogen (secondary N) is 1. The number of rotatable bonds is 6. The molecule has 0 aliphatic carbocycles. The number of hydrogen-bond donors (Lipinski definition) is 2. The minimum atomic E-state index is -1.09. The van der Waals surface area contributed by atoms with Gasteiger partial charge in [0.15, 0.2) is 6.10 Å². The molecule has 0 aromatic carbocycles.